The van der Waals surface area contributed by atoms with Crippen LogP contribution in [0.2, 0.25) is 0 Å². The average molecular weight is 379 g/mol. The number of thiocarbonyl (C=S) groups is 1. The van der Waals surface area contributed by atoms with Crippen molar-refractivity contribution in [2.75, 3.05) is 7.11 Å². The molecule has 138 valence electrons. The van der Waals surface area contributed by atoms with Gasteiger partial charge < -0.3 is 19.9 Å². The second-order valence-corrected chi connectivity index (χ2v) is 7.09. The van der Waals surface area contributed by atoms with Crippen LogP contribution >= 0.6 is 12.2 Å². The van der Waals surface area contributed by atoms with Gasteiger partial charge >= 0.3 is 0 Å². The van der Waals surface area contributed by atoms with Crippen LogP contribution in [0.1, 0.15) is 34.7 Å². The number of methoxy groups -OCH3 is 1. The lowest BCUT2D eigenvalue weighted by atomic mass is 10.0. The first-order valence-corrected chi connectivity index (χ1v) is 9.33. The van der Waals surface area contributed by atoms with E-state index in [4.69, 9.17) is 17.0 Å². The molecule has 1 aliphatic heterocycles. The smallest absolute Gasteiger partial charge is 0.170 e. The van der Waals surface area contributed by atoms with Crippen molar-refractivity contribution in [3.63, 3.8) is 0 Å². The molecule has 0 radical (unpaired) electrons. The molecule has 2 atom stereocenters. The maximum absolute atomic E-state index is 5.70. The fraction of sp³-hybridized carbons (Fsp3) is 0.238. The van der Waals surface area contributed by atoms with Crippen LogP contribution in [0.5, 0.6) is 5.75 Å². The fourth-order valence-corrected chi connectivity index (χ4v) is 3.85. The van der Waals surface area contributed by atoms with E-state index in [1.807, 2.05) is 36.5 Å². The van der Waals surface area contributed by atoms with Crippen molar-refractivity contribution in [3.8, 4) is 5.75 Å². The van der Waals surface area contributed by atoms with Crippen LogP contribution in [0.15, 0.2) is 60.8 Å². The van der Waals surface area contributed by atoms with Gasteiger partial charge in [0, 0.05) is 24.1 Å². The molecule has 0 unspecified atom stereocenters. The van der Waals surface area contributed by atoms with Gasteiger partial charge in [-0.1, -0.05) is 18.2 Å². The van der Waals surface area contributed by atoms with E-state index in [9.17, 15) is 0 Å². The fourth-order valence-electron chi connectivity index (χ4n) is 3.54. The Hall–Kier alpha value is -2.86. The lowest BCUT2D eigenvalue weighted by Crippen LogP contribution is -2.29. The highest BCUT2D eigenvalue weighted by atomic mass is 32.1. The van der Waals surface area contributed by atoms with Crippen molar-refractivity contribution >= 4 is 17.3 Å². The van der Waals surface area contributed by atoms with E-state index < -0.39 is 0 Å². The van der Waals surface area contributed by atoms with E-state index in [0.717, 1.165) is 27.9 Å². The minimum atomic E-state index is -0.00463. The summed E-state index contributed by atoms with van der Waals surface area (Å²) in [6.45, 7) is 2.77. The molecule has 0 bridgehead atoms. The lowest BCUT2D eigenvalue weighted by Gasteiger charge is -2.27. The van der Waals surface area contributed by atoms with Gasteiger partial charge in [0.15, 0.2) is 5.11 Å². The Labute approximate surface area is 164 Å². The van der Waals surface area contributed by atoms with Gasteiger partial charge in [-0.3, -0.25) is 4.98 Å². The lowest BCUT2D eigenvalue weighted by molar-refractivity contribution is 0.305. The van der Waals surface area contributed by atoms with Crippen LogP contribution in [0.4, 0.5) is 0 Å². The molecule has 0 saturated carbocycles. The number of H-pyrrole nitrogens is 1. The summed E-state index contributed by atoms with van der Waals surface area (Å²) in [4.78, 5) is 10.3. The highest BCUT2D eigenvalue weighted by Crippen LogP contribution is 2.39. The maximum atomic E-state index is 5.70. The van der Waals surface area contributed by atoms with E-state index in [1.165, 1.54) is 5.56 Å². The second kappa shape index (κ2) is 7.40. The molecule has 27 heavy (non-hydrogen) atoms. The number of ether oxygens (including phenoxy) is 1. The van der Waals surface area contributed by atoms with Crippen molar-refractivity contribution in [2.45, 2.75) is 25.6 Å². The predicted octanol–water partition coefficient (Wildman–Crippen LogP) is 3.90. The van der Waals surface area contributed by atoms with Crippen molar-refractivity contribution in [1.29, 1.82) is 0 Å². The number of benzene rings is 1. The standard InChI is InChI=1S/C21H22N4OS/c1-14-6-11-18(23-14)20-19(17-5-3-4-12-22-17)24-21(27)25(20)13-15-7-9-16(26-2)10-8-15/h3-12,19-20,23H,13H2,1-2H3,(H,24,27)/t19-,20-/m0/s1. The summed E-state index contributed by atoms with van der Waals surface area (Å²) in [6, 6.07) is 18.4. The molecule has 1 fully saturated rings. The van der Waals surface area contributed by atoms with E-state index in [2.05, 4.69) is 51.4 Å². The van der Waals surface area contributed by atoms with Gasteiger partial charge in [0.2, 0.25) is 0 Å². The first-order chi connectivity index (χ1) is 13.2. The van der Waals surface area contributed by atoms with Gasteiger partial charge in [-0.05, 0) is 61.1 Å². The van der Waals surface area contributed by atoms with E-state index in [1.54, 1.807) is 7.11 Å². The van der Waals surface area contributed by atoms with E-state index in [0.29, 0.717) is 6.54 Å². The zero-order valence-electron chi connectivity index (χ0n) is 15.3. The number of pyridine rings is 1. The van der Waals surface area contributed by atoms with Crippen LogP contribution in [0, 0.1) is 6.92 Å². The summed E-state index contributed by atoms with van der Waals surface area (Å²) in [5.74, 6) is 0.851. The average Bonchev–Trinajstić information content (AvgIpc) is 3.26. The number of nitrogens with one attached hydrogen (secondary N) is 2. The number of aryl methyl sites for hydroxylation is 1. The zero-order valence-corrected chi connectivity index (χ0v) is 16.2. The molecule has 2 N–H and O–H groups in total. The van der Waals surface area contributed by atoms with Crippen LogP contribution in [0.25, 0.3) is 0 Å². The quantitative estimate of drug-likeness (QED) is 0.660. The molecule has 0 aliphatic carbocycles. The molecule has 5 nitrogen and oxygen atoms in total. The van der Waals surface area contributed by atoms with Crippen LogP contribution in [-0.4, -0.2) is 27.1 Å². The molecule has 1 saturated heterocycles. The molecule has 0 spiro atoms. The van der Waals surface area contributed by atoms with Crippen LogP contribution in [-0.2, 0) is 6.54 Å². The molecular weight excluding hydrogens is 356 g/mol. The van der Waals surface area contributed by atoms with Gasteiger partial charge in [0.05, 0.1) is 24.9 Å². The predicted molar refractivity (Wildman–Crippen MR) is 110 cm³/mol. The Morgan fingerprint density at radius 2 is 1.93 bits per heavy atom. The molecule has 3 heterocycles. The Kier molecular flexibility index (Phi) is 4.81. The van der Waals surface area contributed by atoms with Crippen LogP contribution in [0.3, 0.4) is 0 Å². The minimum Gasteiger partial charge on any atom is -0.497 e. The minimum absolute atomic E-state index is 0.00463. The number of rotatable bonds is 5. The third kappa shape index (κ3) is 3.53. The first kappa shape index (κ1) is 17.5. The Morgan fingerprint density at radius 3 is 2.56 bits per heavy atom. The second-order valence-electron chi connectivity index (χ2n) is 6.70. The largest absolute Gasteiger partial charge is 0.497 e. The number of nitrogens with zero attached hydrogens (tertiary/aromatic N) is 2. The number of hydrogen-bond donors (Lipinski definition) is 2. The topological polar surface area (TPSA) is 53.2 Å². The SMILES string of the molecule is COc1ccc(CN2C(=S)N[C@@H](c3ccccn3)[C@@H]2c2ccc(C)[nH]2)cc1. The van der Waals surface area contributed by atoms with Gasteiger partial charge in [-0.25, -0.2) is 0 Å². The number of hydrogen-bond acceptors (Lipinski definition) is 3. The van der Waals surface area contributed by atoms with Gasteiger partial charge in [-0.15, -0.1) is 0 Å². The summed E-state index contributed by atoms with van der Waals surface area (Å²) in [7, 11) is 1.68. The van der Waals surface area contributed by atoms with Gasteiger partial charge in [0.1, 0.15) is 5.75 Å². The summed E-state index contributed by atoms with van der Waals surface area (Å²) in [5, 5.41) is 4.21. The summed E-state index contributed by atoms with van der Waals surface area (Å²) in [5.41, 5.74) is 4.42. The highest BCUT2D eigenvalue weighted by molar-refractivity contribution is 7.80. The number of aromatic amines is 1. The van der Waals surface area contributed by atoms with E-state index in [-0.39, 0.29) is 12.1 Å². The van der Waals surface area contributed by atoms with Gasteiger partial charge in [-0.2, -0.15) is 0 Å². The van der Waals surface area contributed by atoms with Crippen molar-refractivity contribution in [1.82, 2.24) is 20.2 Å². The van der Waals surface area contributed by atoms with E-state index >= 15 is 0 Å². The molecule has 2 aromatic heterocycles. The van der Waals surface area contributed by atoms with Gasteiger partial charge in [0.25, 0.3) is 0 Å². The molecule has 1 aromatic carbocycles. The zero-order chi connectivity index (χ0) is 18.8. The third-order valence-corrected chi connectivity index (χ3v) is 5.24. The summed E-state index contributed by atoms with van der Waals surface area (Å²) < 4.78 is 5.26. The van der Waals surface area contributed by atoms with Crippen molar-refractivity contribution < 1.29 is 4.74 Å². The molecule has 6 heteroatoms. The highest BCUT2D eigenvalue weighted by Gasteiger charge is 2.40. The Bertz CT molecular complexity index is 923. The molecule has 4 rings (SSSR count). The maximum Gasteiger partial charge on any atom is 0.170 e. The Balaban J connectivity index is 1.68. The number of aromatic nitrogens is 2. The summed E-state index contributed by atoms with van der Waals surface area (Å²) >= 11 is 5.70. The Morgan fingerprint density at radius 1 is 1.11 bits per heavy atom. The molecule has 3 aromatic rings. The van der Waals surface area contributed by atoms with Crippen LogP contribution < -0.4 is 10.1 Å². The van der Waals surface area contributed by atoms with Crippen molar-refractivity contribution in [3.05, 3.63) is 83.4 Å². The molecule has 0 amide bonds. The monoisotopic (exact) mass is 378 g/mol. The van der Waals surface area contributed by atoms with Crippen molar-refractivity contribution in [2.24, 2.45) is 0 Å². The molecule has 1 aliphatic rings. The molecular formula is C21H22N4OS. The summed E-state index contributed by atoms with van der Waals surface area (Å²) in [6.07, 6.45) is 1.82. The normalized spacial score (nSPS) is 19.2. The first-order valence-electron chi connectivity index (χ1n) is 8.92. The third-order valence-electron chi connectivity index (χ3n) is 4.88.